The van der Waals surface area contributed by atoms with Crippen molar-refractivity contribution in [2.75, 3.05) is 23.0 Å². The molecule has 0 aliphatic carbocycles. The maximum absolute atomic E-state index is 13.5. The van der Waals surface area contributed by atoms with Gasteiger partial charge in [0.2, 0.25) is 9.84 Å². The number of rotatable bonds is 5. The van der Waals surface area contributed by atoms with Gasteiger partial charge in [-0.25, -0.2) is 18.0 Å². The second-order valence-corrected chi connectivity index (χ2v) is 11.3. The van der Waals surface area contributed by atoms with Crippen LogP contribution in [0.2, 0.25) is 0 Å². The van der Waals surface area contributed by atoms with Gasteiger partial charge in [-0.2, -0.15) is 0 Å². The molecule has 0 aromatic heterocycles. The third kappa shape index (κ3) is 4.46. The summed E-state index contributed by atoms with van der Waals surface area (Å²) in [5.41, 5.74) is 2.84. The van der Waals surface area contributed by atoms with Gasteiger partial charge in [-0.05, 0) is 66.3 Å². The van der Waals surface area contributed by atoms with Gasteiger partial charge in [-0.3, -0.25) is 4.90 Å². The van der Waals surface area contributed by atoms with E-state index < -0.39 is 27.3 Å². The van der Waals surface area contributed by atoms with Crippen molar-refractivity contribution in [3.8, 4) is 0 Å². The molecule has 4 amide bonds. The topological polar surface area (TPSA) is 108 Å². The van der Waals surface area contributed by atoms with E-state index in [0.29, 0.717) is 29.9 Å². The first-order valence-corrected chi connectivity index (χ1v) is 13.9. The zero-order chi connectivity index (χ0) is 24.6. The summed E-state index contributed by atoms with van der Waals surface area (Å²) in [4.78, 5) is 27.8. The number of hydrogen-bond acceptors (Lipinski definition) is 5. The molecule has 10 heteroatoms. The molecule has 35 heavy (non-hydrogen) atoms. The molecule has 3 aromatic carbocycles. The number of nitrogens with one attached hydrogen (secondary N) is 3. The van der Waals surface area contributed by atoms with E-state index in [-0.39, 0.29) is 10.9 Å². The summed E-state index contributed by atoms with van der Waals surface area (Å²) in [6, 6.07) is 19.9. The smallest absolute Gasteiger partial charge is 0.326 e. The maximum Gasteiger partial charge on any atom is 0.326 e. The van der Waals surface area contributed by atoms with Crippen LogP contribution in [0.4, 0.5) is 21.0 Å². The normalized spacial score (nSPS) is 19.1. The van der Waals surface area contributed by atoms with E-state index in [2.05, 4.69) is 16.0 Å². The lowest BCUT2D eigenvalue weighted by molar-refractivity contribution is 0.247. The van der Waals surface area contributed by atoms with Crippen LogP contribution in [-0.4, -0.2) is 38.7 Å². The van der Waals surface area contributed by atoms with Crippen LogP contribution in [0, 0.1) is 0 Å². The van der Waals surface area contributed by atoms with E-state index >= 15 is 0 Å². The molecule has 2 aliphatic rings. The van der Waals surface area contributed by atoms with Crippen molar-refractivity contribution in [1.82, 2.24) is 10.6 Å². The summed E-state index contributed by atoms with van der Waals surface area (Å²) >= 11 is 1.62. The minimum absolute atomic E-state index is 0.112. The summed E-state index contributed by atoms with van der Waals surface area (Å²) in [7, 11) is -3.90. The van der Waals surface area contributed by atoms with Crippen LogP contribution in [-0.2, 0) is 16.3 Å². The van der Waals surface area contributed by atoms with Crippen molar-refractivity contribution < 1.29 is 18.0 Å². The number of sulfone groups is 1. The molecular formula is C25H24N4O4S2. The largest absolute Gasteiger partial charge is 0.328 e. The zero-order valence-corrected chi connectivity index (χ0v) is 20.5. The Kier molecular flexibility index (Phi) is 6.16. The van der Waals surface area contributed by atoms with Crippen LogP contribution in [0.15, 0.2) is 82.6 Å². The van der Waals surface area contributed by atoms with E-state index in [1.54, 1.807) is 53.1 Å². The van der Waals surface area contributed by atoms with E-state index in [4.69, 9.17) is 0 Å². The molecule has 2 aliphatic heterocycles. The fourth-order valence-corrected chi connectivity index (χ4v) is 6.54. The first kappa shape index (κ1) is 23.3. The maximum atomic E-state index is 13.5. The monoisotopic (exact) mass is 508 g/mol. The molecule has 0 spiro atoms. The summed E-state index contributed by atoms with van der Waals surface area (Å²) in [5, 5.41) is 7.03. The van der Waals surface area contributed by atoms with Gasteiger partial charge >= 0.3 is 12.1 Å². The van der Waals surface area contributed by atoms with Crippen LogP contribution in [0.3, 0.4) is 0 Å². The highest BCUT2D eigenvalue weighted by Gasteiger charge is 2.43. The molecule has 0 radical (unpaired) electrons. The highest BCUT2D eigenvalue weighted by molar-refractivity contribution is 7.98. The number of fused-ring (bicyclic) bond motifs is 1. The summed E-state index contributed by atoms with van der Waals surface area (Å²) in [6.07, 6.45) is 2.52. The van der Waals surface area contributed by atoms with Crippen molar-refractivity contribution in [2.45, 2.75) is 27.6 Å². The number of nitrogens with zero attached hydrogens (tertiary/aromatic N) is 1. The molecule has 2 unspecified atom stereocenters. The lowest BCUT2D eigenvalue weighted by atomic mass is 10.1. The molecule has 8 nitrogen and oxygen atoms in total. The summed E-state index contributed by atoms with van der Waals surface area (Å²) in [6.45, 7) is 0.446. The summed E-state index contributed by atoms with van der Waals surface area (Å²) in [5.74, 6) is 0. The minimum atomic E-state index is -3.90. The lowest BCUT2D eigenvalue weighted by Gasteiger charge is -2.21. The first-order valence-electron chi connectivity index (χ1n) is 11.1. The zero-order valence-electron chi connectivity index (χ0n) is 18.9. The Balaban J connectivity index is 1.37. The van der Waals surface area contributed by atoms with Crippen LogP contribution >= 0.6 is 11.8 Å². The van der Waals surface area contributed by atoms with Gasteiger partial charge in [0.15, 0.2) is 5.37 Å². The van der Waals surface area contributed by atoms with E-state index in [1.165, 1.54) is 6.07 Å². The Morgan fingerprint density at radius 1 is 1.03 bits per heavy atom. The number of hydrogen-bond donors (Lipinski definition) is 3. The van der Waals surface area contributed by atoms with Gasteiger partial charge in [-0.15, -0.1) is 11.8 Å². The van der Waals surface area contributed by atoms with Gasteiger partial charge in [0.05, 0.1) is 10.9 Å². The van der Waals surface area contributed by atoms with Gasteiger partial charge in [0.25, 0.3) is 0 Å². The first-order chi connectivity index (χ1) is 16.9. The van der Waals surface area contributed by atoms with Gasteiger partial charge in [0, 0.05) is 22.8 Å². The standard InChI is InChI=1S/C25H24N4O4S2/c1-34-19-9-7-18(8-10-19)26-25(31)29-14-13-17-15-20(11-12-21(17)29)35(32,33)23-22(27-24(30)28-23)16-5-3-2-4-6-16/h2-12,15,22-23H,13-14H2,1H3,(H,26,31)(H2,27,28,30). The summed E-state index contributed by atoms with van der Waals surface area (Å²) < 4.78 is 27.0. The van der Waals surface area contributed by atoms with E-state index in [9.17, 15) is 18.0 Å². The minimum Gasteiger partial charge on any atom is -0.328 e. The van der Waals surface area contributed by atoms with Crippen molar-refractivity contribution in [3.63, 3.8) is 0 Å². The number of amides is 4. The van der Waals surface area contributed by atoms with Gasteiger partial charge in [0.1, 0.15) is 0 Å². The molecule has 2 heterocycles. The molecule has 180 valence electrons. The van der Waals surface area contributed by atoms with Crippen LogP contribution in [0.1, 0.15) is 17.2 Å². The number of urea groups is 2. The van der Waals surface area contributed by atoms with Crippen LogP contribution in [0.5, 0.6) is 0 Å². The van der Waals surface area contributed by atoms with Crippen molar-refractivity contribution in [1.29, 1.82) is 0 Å². The Morgan fingerprint density at radius 3 is 2.49 bits per heavy atom. The Bertz CT molecular complexity index is 1380. The number of carbonyl (C=O) groups excluding carboxylic acids is 2. The fraction of sp³-hybridized carbons (Fsp3) is 0.200. The molecule has 1 saturated heterocycles. The highest BCUT2D eigenvalue weighted by Crippen LogP contribution is 2.34. The number of carbonyl (C=O) groups is 2. The molecule has 5 rings (SSSR count). The second kappa shape index (κ2) is 9.27. The highest BCUT2D eigenvalue weighted by atomic mass is 32.2. The average Bonchev–Trinajstić information content (AvgIpc) is 3.48. The van der Waals surface area contributed by atoms with Crippen LogP contribution in [0.25, 0.3) is 0 Å². The molecular weight excluding hydrogens is 484 g/mol. The quantitative estimate of drug-likeness (QED) is 0.449. The van der Waals surface area contributed by atoms with Crippen molar-refractivity contribution >= 4 is 45.0 Å². The van der Waals surface area contributed by atoms with Crippen molar-refractivity contribution in [2.24, 2.45) is 0 Å². The Morgan fingerprint density at radius 2 is 1.77 bits per heavy atom. The number of benzene rings is 3. The fourth-order valence-electron chi connectivity index (χ4n) is 4.42. The second-order valence-electron chi connectivity index (χ2n) is 8.32. The molecule has 3 aromatic rings. The molecule has 2 atom stereocenters. The van der Waals surface area contributed by atoms with E-state index in [0.717, 1.165) is 10.5 Å². The molecule has 0 saturated carbocycles. The van der Waals surface area contributed by atoms with Gasteiger partial charge in [-0.1, -0.05) is 30.3 Å². The predicted octanol–water partition coefficient (Wildman–Crippen LogP) is 4.16. The molecule has 0 bridgehead atoms. The Labute approximate surface area is 208 Å². The number of anilines is 2. The predicted molar refractivity (Wildman–Crippen MR) is 137 cm³/mol. The third-order valence-corrected chi connectivity index (χ3v) is 8.93. The average molecular weight is 509 g/mol. The molecule has 3 N–H and O–H groups in total. The van der Waals surface area contributed by atoms with Crippen LogP contribution < -0.4 is 20.9 Å². The SMILES string of the molecule is CSc1ccc(NC(=O)N2CCc3cc(S(=O)(=O)C4NC(=O)NC4c4ccccc4)ccc32)cc1. The van der Waals surface area contributed by atoms with E-state index in [1.807, 2.05) is 36.6 Å². The number of thioether (sulfide) groups is 1. The third-order valence-electron chi connectivity index (χ3n) is 6.22. The Hall–Kier alpha value is -3.50. The van der Waals surface area contributed by atoms with Crippen molar-refractivity contribution in [3.05, 3.63) is 83.9 Å². The van der Waals surface area contributed by atoms with Gasteiger partial charge < -0.3 is 16.0 Å². The lowest BCUT2D eigenvalue weighted by Crippen LogP contribution is -2.36. The molecule has 1 fully saturated rings.